The van der Waals surface area contributed by atoms with Crippen molar-refractivity contribution < 1.29 is 4.52 Å². The van der Waals surface area contributed by atoms with Crippen molar-refractivity contribution in [2.24, 2.45) is 11.7 Å². The first-order valence-electron chi connectivity index (χ1n) is 5.78. The SMILES string of the molecule is CSCC[C@@H](N)c1nc(CSCC(C)C)no1. The van der Waals surface area contributed by atoms with E-state index in [1.807, 2.05) is 11.8 Å². The molecule has 6 heteroatoms. The Morgan fingerprint density at radius 1 is 1.41 bits per heavy atom. The van der Waals surface area contributed by atoms with Gasteiger partial charge in [0.1, 0.15) is 0 Å². The van der Waals surface area contributed by atoms with Gasteiger partial charge in [-0.05, 0) is 30.1 Å². The minimum Gasteiger partial charge on any atom is -0.338 e. The average molecular weight is 275 g/mol. The number of rotatable bonds is 8. The molecule has 0 unspecified atom stereocenters. The summed E-state index contributed by atoms with van der Waals surface area (Å²) in [5, 5.41) is 3.95. The molecule has 0 radical (unpaired) electrons. The highest BCUT2D eigenvalue weighted by atomic mass is 32.2. The van der Waals surface area contributed by atoms with E-state index in [0.29, 0.717) is 11.8 Å². The molecule has 98 valence electrons. The van der Waals surface area contributed by atoms with Gasteiger partial charge in [0, 0.05) is 0 Å². The maximum absolute atomic E-state index is 5.95. The number of nitrogens with two attached hydrogens (primary N) is 1. The number of aromatic nitrogens is 2. The van der Waals surface area contributed by atoms with Gasteiger partial charge in [-0.1, -0.05) is 19.0 Å². The molecule has 1 aromatic heterocycles. The highest BCUT2D eigenvalue weighted by molar-refractivity contribution is 7.98. The van der Waals surface area contributed by atoms with Crippen LogP contribution in [0.25, 0.3) is 0 Å². The van der Waals surface area contributed by atoms with Crippen LogP contribution in [0.1, 0.15) is 38.0 Å². The average Bonchev–Trinajstić information content (AvgIpc) is 2.74. The molecule has 0 saturated carbocycles. The highest BCUT2D eigenvalue weighted by Crippen LogP contribution is 2.17. The van der Waals surface area contributed by atoms with E-state index in [4.69, 9.17) is 10.3 Å². The standard InChI is InChI=1S/C11H21N3OS2/c1-8(2)6-17-7-10-13-11(15-14-10)9(12)4-5-16-3/h8-9H,4-7,12H2,1-3H3/t9-/m1/s1. The fraction of sp³-hybridized carbons (Fsp3) is 0.818. The molecule has 0 saturated heterocycles. The van der Waals surface area contributed by atoms with Gasteiger partial charge in [-0.25, -0.2) is 0 Å². The van der Waals surface area contributed by atoms with Crippen LogP contribution in [0, 0.1) is 5.92 Å². The van der Waals surface area contributed by atoms with Crippen molar-refractivity contribution in [3.63, 3.8) is 0 Å². The lowest BCUT2D eigenvalue weighted by Gasteiger charge is -2.03. The molecule has 17 heavy (non-hydrogen) atoms. The van der Waals surface area contributed by atoms with Crippen LogP contribution in [0.15, 0.2) is 4.52 Å². The van der Waals surface area contributed by atoms with Crippen molar-refractivity contribution in [2.75, 3.05) is 17.8 Å². The summed E-state index contributed by atoms with van der Waals surface area (Å²) < 4.78 is 5.17. The van der Waals surface area contributed by atoms with E-state index in [-0.39, 0.29) is 6.04 Å². The fourth-order valence-electron chi connectivity index (χ4n) is 1.23. The van der Waals surface area contributed by atoms with Crippen LogP contribution in [-0.4, -0.2) is 27.9 Å². The summed E-state index contributed by atoms with van der Waals surface area (Å²) in [7, 11) is 0. The molecule has 4 nitrogen and oxygen atoms in total. The Labute approximate surface area is 111 Å². The van der Waals surface area contributed by atoms with Crippen molar-refractivity contribution in [3.05, 3.63) is 11.7 Å². The number of thioether (sulfide) groups is 2. The second kappa shape index (κ2) is 8.00. The predicted molar refractivity (Wildman–Crippen MR) is 75.2 cm³/mol. The Hall–Kier alpha value is -0.200. The number of nitrogens with zero attached hydrogens (tertiary/aromatic N) is 2. The second-order valence-corrected chi connectivity index (χ2v) is 6.36. The summed E-state index contributed by atoms with van der Waals surface area (Å²) >= 11 is 3.60. The first-order valence-corrected chi connectivity index (χ1v) is 8.33. The second-order valence-electron chi connectivity index (χ2n) is 4.35. The zero-order valence-corrected chi connectivity index (χ0v) is 12.3. The van der Waals surface area contributed by atoms with Crippen LogP contribution in [0.4, 0.5) is 0 Å². The molecule has 0 fully saturated rings. The van der Waals surface area contributed by atoms with Crippen LogP contribution < -0.4 is 5.73 Å². The van der Waals surface area contributed by atoms with Gasteiger partial charge in [0.05, 0.1) is 11.8 Å². The molecular weight excluding hydrogens is 254 g/mol. The summed E-state index contributed by atoms with van der Waals surface area (Å²) in [5.41, 5.74) is 5.95. The third kappa shape index (κ3) is 5.79. The first kappa shape index (κ1) is 14.9. The van der Waals surface area contributed by atoms with E-state index in [1.54, 1.807) is 11.8 Å². The van der Waals surface area contributed by atoms with Crippen LogP contribution in [0.3, 0.4) is 0 Å². The van der Waals surface area contributed by atoms with Crippen molar-refractivity contribution in [3.8, 4) is 0 Å². The molecule has 1 rings (SSSR count). The highest BCUT2D eigenvalue weighted by Gasteiger charge is 2.14. The van der Waals surface area contributed by atoms with E-state index < -0.39 is 0 Å². The van der Waals surface area contributed by atoms with E-state index >= 15 is 0 Å². The van der Waals surface area contributed by atoms with Crippen molar-refractivity contribution >= 4 is 23.5 Å². The molecule has 1 aromatic rings. The monoisotopic (exact) mass is 275 g/mol. The van der Waals surface area contributed by atoms with Gasteiger partial charge in [0.2, 0.25) is 5.89 Å². The minimum atomic E-state index is -0.126. The van der Waals surface area contributed by atoms with E-state index in [2.05, 4.69) is 30.2 Å². The number of hydrogen-bond donors (Lipinski definition) is 1. The van der Waals surface area contributed by atoms with Gasteiger partial charge < -0.3 is 10.3 Å². The lowest BCUT2D eigenvalue weighted by Crippen LogP contribution is -2.11. The number of hydrogen-bond acceptors (Lipinski definition) is 6. The molecule has 0 amide bonds. The molecule has 0 bridgehead atoms. The Kier molecular flexibility index (Phi) is 6.99. The van der Waals surface area contributed by atoms with Gasteiger partial charge in [-0.3, -0.25) is 0 Å². The summed E-state index contributed by atoms with van der Waals surface area (Å²) in [5.74, 6) is 4.94. The molecule has 0 aromatic carbocycles. The molecule has 1 atom stereocenters. The lowest BCUT2D eigenvalue weighted by molar-refractivity contribution is 0.350. The third-order valence-electron chi connectivity index (χ3n) is 2.12. The molecule has 0 aliphatic carbocycles. The quantitative estimate of drug-likeness (QED) is 0.787. The molecule has 0 aliphatic heterocycles. The summed E-state index contributed by atoms with van der Waals surface area (Å²) in [6.07, 6.45) is 2.94. The van der Waals surface area contributed by atoms with Gasteiger partial charge in [0.15, 0.2) is 5.82 Å². The topological polar surface area (TPSA) is 64.9 Å². The van der Waals surface area contributed by atoms with Crippen molar-refractivity contribution in [2.45, 2.75) is 32.1 Å². The minimum absolute atomic E-state index is 0.126. The predicted octanol–water partition coefficient (Wildman–Crippen LogP) is 2.71. The third-order valence-corrected chi connectivity index (χ3v) is 4.12. The van der Waals surface area contributed by atoms with Gasteiger partial charge in [-0.2, -0.15) is 28.5 Å². The molecule has 0 spiro atoms. The van der Waals surface area contributed by atoms with Crippen LogP contribution >= 0.6 is 23.5 Å². The van der Waals surface area contributed by atoms with Crippen molar-refractivity contribution in [1.29, 1.82) is 0 Å². The summed E-state index contributed by atoms with van der Waals surface area (Å²) in [6, 6.07) is -0.126. The van der Waals surface area contributed by atoms with Crippen LogP contribution in [0.2, 0.25) is 0 Å². The molecule has 0 aliphatic rings. The maximum atomic E-state index is 5.95. The van der Waals surface area contributed by atoms with Gasteiger partial charge in [0.25, 0.3) is 0 Å². The maximum Gasteiger partial charge on any atom is 0.243 e. The zero-order valence-electron chi connectivity index (χ0n) is 10.7. The lowest BCUT2D eigenvalue weighted by atomic mass is 10.2. The Balaban J connectivity index is 2.36. The molecular formula is C11H21N3OS2. The smallest absolute Gasteiger partial charge is 0.243 e. The Morgan fingerprint density at radius 2 is 2.18 bits per heavy atom. The normalized spacial score (nSPS) is 13.2. The van der Waals surface area contributed by atoms with Crippen molar-refractivity contribution in [1.82, 2.24) is 10.1 Å². The summed E-state index contributed by atoms with van der Waals surface area (Å²) in [4.78, 5) is 4.33. The largest absolute Gasteiger partial charge is 0.338 e. The van der Waals surface area contributed by atoms with Crippen LogP contribution in [0.5, 0.6) is 0 Å². The Bertz CT molecular complexity index is 317. The fourth-order valence-corrected chi connectivity index (χ4v) is 2.61. The first-order chi connectivity index (χ1) is 8.13. The van der Waals surface area contributed by atoms with Gasteiger partial charge in [-0.15, -0.1) is 0 Å². The van der Waals surface area contributed by atoms with Gasteiger partial charge >= 0.3 is 0 Å². The molecule has 2 N–H and O–H groups in total. The van der Waals surface area contributed by atoms with E-state index in [9.17, 15) is 0 Å². The van der Waals surface area contributed by atoms with E-state index in [0.717, 1.165) is 29.5 Å². The molecule has 1 heterocycles. The van der Waals surface area contributed by atoms with Crippen LogP contribution in [-0.2, 0) is 5.75 Å². The zero-order chi connectivity index (χ0) is 12.7. The Morgan fingerprint density at radius 3 is 2.82 bits per heavy atom. The van der Waals surface area contributed by atoms with E-state index in [1.165, 1.54) is 0 Å². The summed E-state index contributed by atoms with van der Waals surface area (Å²) in [6.45, 7) is 4.40.